The second kappa shape index (κ2) is 19.2. The summed E-state index contributed by atoms with van der Waals surface area (Å²) >= 11 is 0. The highest BCUT2D eigenvalue weighted by molar-refractivity contribution is 6.04. The van der Waals surface area contributed by atoms with Crippen molar-refractivity contribution in [3.8, 4) is 23.0 Å². The summed E-state index contributed by atoms with van der Waals surface area (Å²) in [7, 11) is 3.11. The molecular weight excluding hydrogens is 813 g/mol. The third kappa shape index (κ3) is 9.91. The van der Waals surface area contributed by atoms with Crippen LogP contribution in [-0.2, 0) is 9.59 Å². The summed E-state index contributed by atoms with van der Waals surface area (Å²) in [5.74, 6) is 1.95. The first kappa shape index (κ1) is 44.3. The Bertz CT molecular complexity index is 2420. The van der Waals surface area contributed by atoms with E-state index in [1.807, 2.05) is 56.7 Å². The molecule has 4 N–H and O–H groups in total. The molecule has 3 aliphatic heterocycles. The van der Waals surface area contributed by atoms with Crippen LogP contribution in [0.25, 0.3) is 5.57 Å². The molecule has 5 aliphatic rings. The van der Waals surface area contributed by atoms with E-state index in [0.717, 1.165) is 30.4 Å². The van der Waals surface area contributed by atoms with E-state index in [-0.39, 0.29) is 47.3 Å². The van der Waals surface area contributed by atoms with Crippen molar-refractivity contribution in [2.75, 3.05) is 32.8 Å². The van der Waals surface area contributed by atoms with Gasteiger partial charge >= 0.3 is 0 Å². The van der Waals surface area contributed by atoms with E-state index < -0.39 is 12.1 Å². The van der Waals surface area contributed by atoms with E-state index in [2.05, 4.69) is 16.7 Å². The van der Waals surface area contributed by atoms with Crippen molar-refractivity contribution in [3.63, 3.8) is 0 Å². The number of aliphatic imine (C=N–C) groups is 2. The van der Waals surface area contributed by atoms with Gasteiger partial charge in [0.25, 0.3) is 5.91 Å². The molecule has 14 heteroatoms. The second-order valence-corrected chi connectivity index (χ2v) is 17.8. The molecule has 2 aliphatic carbocycles. The van der Waals surface area contributed by atoms with Crippen LogP contribution in [0.1, 0.15) is 98.4 Å². The third-order valence-electron chi connectivity index (χ3n) is 12.7. The standard InChI is InChI=1S/C50H58N6O8/c1-28(2)47(51)49(59)54-29(3)48(58)55-36-12-10-32(11-13-36)34-18-30-7-14-42(57)38-21-43(61-4)45(23-40(38)52-25-31(17-30)19-34)63-15-6-16-64-46-24-41-39(22-44(46)62-5)50(60)56-27-35(33-8-9-33)20-37(56)26-53-41/h10-13,18,21-31,33,37,47H,6-9,14-17,19-20,51H2,1-5H3,(H,54,59)(H,55,58)/b52-25-/t29-,30?,31-,37-,47-/m0/s1. The van der Waals surface area contributed by atoms with Crippen LogP contribution in [0.5, 0.6) is 23.0 Å². The summed E-state index contributed by atoms with van der Waals surface area (Å²) in [6, 6.07) is 13.1. The van der Waals surface area contributed by atoms with Crippen molar-refractivity contribution in [2.45, 2.75) is 90.3 Å². The molecule has 64 heavy (non-hydrogen) atoms. The Hall–Kier alpha value is -6.28. The quantitative estimate of drug-likeness (QED) is 0.128. The van der Waals surface area contributed by atoms with Gasteiger partial charge in [0, 0.05) is 54.9 Å². The minimum atomic E-state index is -0.752. The molecule has 2 bridgehead atoms. The number of hydrogen-bond acceptors (Lipinski definition) is 11. The number of ketones is 1. The van der Waals surface area contributed by atoms with Crippen LogP contribution in [0.2, 0.25) is 0 Å². The Balaban J connectivity index is 0.885. The number of nitrogens with zero attached hydrogens (tertiary/aromatic N) is 3. The Morgan fingerprint density at radius 2 is 1.47 bits per heavy atom. The second-order valence-electron chi connectivity index (χ2n) is 17.8. The third-order valence-corrected chi connectivity index (χ3v) is 12.7. The highest BCUT2D eigenvalue weighted by atomic mass is 16.5. The van der Waals surface area contributed by atoms with Gasteiger partial charge in [-0.3, -0.25) is 29.2 Å². The molecule has 0 spiro atoms. The number of carbonyl (C=O) groups is 4. The van der Waals surface area contributed by atoms with Crippen LogP contribution >= 0.6 is 0 Å². The first-order valence-corrected chi connectivity index (χ1v) is 22.4. The van der Waals surface area contributed by atoms with E-state index in [1.165, 1.54) is 18.4 Å². The Morgan fingerprint density at radius 1 is 0.812 bits per heavy atom. The summed E-state index contributed by atoms with van der Waals surface area (Å²) in [4.78, 5) is 63.9. The molecule has 1 saturated carbocycles. The molecule has 3 heterocycles. The molecule has 0 radical (unpaired) electrons. The lowest BCUT2D eigenvalue weighted by molar-refractivity contribution is -0.127. The molecule has 1 unspecified atom stereocenters. The lowest BCUT2D eigenvalue weighted by Crippen LogP contribution is -2.50. The van der Waals surface area contributed by atoms with Crippen molar-refractivity contribution in [3.05, 3.63) is 83.1 Å². The van der Waals surface area contributed by atoms with Gasteiger partial charge in [0.1, 0.15) is 6.04 Å². The van der Waals surface area contributed by atoms with Gasteiger partial charge in [0.05, 0.1) is 56.5 Å². The fourth-order valence-corrected chi connectivity index (χ4v) is 8.74. The first-order valence-electron chi connectivity index (χ1n) is 22.4. The summed E-state index contributed by atoms with van der Waals surface area (Å²) < 4.78 is 23.7. The molecular formula is C50H58N6O8. The SMILES string of the molecule is COc1cc2c(cc1OCCCOc1cc3c(cc1OC)C(=O)CCC1C=C(c4ccc(NC(=O)[C@H](C)NC(=O)[C@@H](N)C(C)C)cc4)C[C@@H](/C=N\3)C1)N=C[C@@H]1CC(C3CC3)=CN1C2=O. The van der Waals surface area contributed by atoms with E-state index >= 15 is 0 Å². The van der Waals surface area contributed by atoms with Gasteiger partial charge in [-0.15, -0.1) is 0 Å². The molecule has 8 rings (SSSR count). The minimum Gasteiger partial charge on any atom is -0.493 e. The van der Waals surface area contributed by atoms with E-state index in [9.17, 15) is 19.2 Å². The minimum absolute atomic E-state index is 0.0123. The zero-order valence-corrected chi connectivity index (χ0v) is 37.2. The summed E-state index contributed by atoms with van der Waals surface area (Å²) in [6.07, 6.45) is 14.5. The lowest BCUT2D eigenvalue weighted by atomic mass is 9.78. The van der Waals surface area contributed by atoms with Crippen molar-refractivity contribution in [2.24, 2.45) is 39.4 Å². The molecule has 3 amide bonds. The van der Waals surface area contributed by atoms with Crippen LogP contribution in [-0.4, -0.2) is 86.4 Å². The van der Waals surface area contributed by atoms with Gasteiger partial charge in [-0.05, 0) is 110 Å². The fraction of sp³-hybridized carbons (Fsp3) is 0.440. The Labute approximate surface area is 374 Å². The van der Waals surface area contributed by atoms with Crippen LogP contribution in [0, 0.1) is 23.7 Å². The number of ether oxygens (including phenoxy) is 4. The predicted molar refractivity (Wildman–Crippen MR) is 247 cm³/mol. The van der Waals surface area contributed by atoms with Gasteiger partial charge in [-0.1, -0.05) is 32.1 Å². The first-order chi connectivity index (χ1) is 30.9. The smallest absolute Gasteiger partial charge is 0.260 e. The van der Waals surface area contributed by atoms with Crippen molar-refractivity contribution in [1.82, 2.24) is 10.2 Å². The predicted octanol–water partition coefficient (Wildman–Crippen LogP) is 7.99. The number of amides is 3. The zero-order chi connectivity index (χ0) is 45.1. The van der Waals surface area contributed by atoms with Gasteiger partial charge in [-0.2, -0.15) is 0 Å². The molecule has 1 fully saturated rings. The van der Waals surface area contributed by atoms with Crippen LogP contribution < -0.4 is 35.3 Å². The fourth-order valence-electron chi connectivity index (χ4n) is 8.74. The molecule has 5 atom stereocenters. The van der Waals surface area contributed by atoms with E-state index in [0.29, 0.717) is 89.6 Å². The maximum absolute atomic E-state index is 13.7. The summed E-state index contributed by atoms with van der Waals surface area (Å²) in [5, 5.41) is 5.57. The number of benzene rings is 3. The largest absolute Gasteiger partial charge is 0.493 e. The highest BCUT2D eigenvalue weighted by Gasteiger charge is 2.38. The van der Waals surface area contributed by atoms with Gasteiger partial charge in [0.2, 0.25) is 11.8 Å². The average Bonchev–Trinajstić information content (AvgIpc) is 4.08. The highest BCUT2D eigenvalue weighted by Crippen LogP contribution is 2.45. The molecule has 336 valence electrons. The Morgan fingerprint density at radius 3 is 2.12 bits per heavy atom. The number of hydrogen-bond donors (Lipinski definition) is 3. The average molecular weight is 871 g/mol. The number of nitrogens with two attached hydrogens (primary N) is 1. The Kier molecular flexibility index (Phi) is 13.3. The number of anilines is 1. The maximum atomic E-state index is 13.7. The van der Waals surface area contributed by atoms with Gasteiger partial charge in [0.15, 0.2) is 28.8 Å². The van der Waals surface area contributed by atoms with E-state index in [1.54, 1.807) is 50.3 Å². The van der Waals surface area contributed by atoms with Crippen molar-refractivity contribution in [1.29, 1.82) is 0 Å². The molecule has 0 saturated heterocycles. The number of carbonyl (C=O) groups excluding carboxylic acids is 4. The number of fused-ring (bicyclic) bond motifs is 5. The van der Waals surface area contributed by atoms with E-state index in [4.69, 9.17) is 34.7 Å². The number of rotatable bonds is 15. The van der Waals surface area contributed by atoms with Gasteiger partial charge in [-0.25, -0.2) is 0 Å². The number of methoxy groups -OCH3 is 2. The molecule has 3 aromatic carbocycles. The normalized spacial score (nSPS) is 21.5. The topological polar surface area (TPSA) is 183 Å². The van der Waals surface area contributed by atoms with Crippen molar-refractivity contribution < 1.29 is 38.1 Å². The summed E-state index contributed by atoms with van der Waals surface area (Å²) in [5.41, 5.74) is 12.1. The molecule has 14 nitrogen and oxygen atoms in total. The molecule has 3 aromatic rings. The number of nitrogens with one attached hydrogen (secondary N) is 2. The van der Waals surface area contributed by atoms with Gasteiger partial charge < -0.3 is 40.2 Å². The number of Topliss-reactive ketones (excluding diaryl/α,β-unsaturated/α-hetero) is 1. The van der Waals surface area contributed by atoms with Crippen LogP contribution in [0.3, 0.4) is 0 Å². The van der Waals surface area contributed by atoms with Crippen LogP contribution in [0.4, 0.5) is 17.1 Å². The summed E-state index contributed by atoms with van der Waals surface area (Å²) in [6.45, 7) is 5.95. The molecule has 0 aromatic heterocycles. The van der Waals surface area contributed by atoms with Crippen LogP contribution in [0.15, 0.2) is 76.4 Å². The van der Waals surface area contributed by atoms with Crippen molar-refractivity contribution >= 4 is 58.6 Å². The number of allylic oxidation sites excluding steroid dienone is 2. The monoisotopic (exact) mass is 870 g/mol. The zero-order valence-electron chi connectivity index (χ0n) is 37.2. The maximum Gasteiger partial charge on any atom is 0.260 e. The lowest BCUT2D eigenvalue weighted by Gasteiger charge is -2.28.